The Bertz CT molecular complexity index is 189. The van der Waals surface area contributed by atoms with Gasteiger partial charge in [0.15, 0.2) is 22.1 Å². The Hall–Kier alpha value is -0.800. The minimum absolute atomic E-state index is 0.458. The molecular weight excluding hydrogens is 220 g/mol. The van der Waals surface area contributed by atoms with Gasteiger partial charge in [-0.3, -0.25) is 4.90 Å². The summed E-state index contributed by atoms with van der Waals surface area (Å²) in [6, 6.07) is 0. The number of primary amides is 1. The molecule has 7 nitrogen and oxygen atoms in total. The van der Waals surface area contributed by atoms with Gasteiger partial charge in [0.05, 0.1) is 0 Å². The van der Waals surface area contributed by atoms with Gasteiger partial charge in [0.25, 0.3) is 0 Å². The van der Waals surface area contributed by atoms with Crippen LogP contribution in [0.1, 0.15) is 0 Å². The third-order valence-electron chi connectivity index (χ3n) is 0.773. The van der Waals surface area contributed by atoms with E-state index in [2.05, 4.69) is 14.1 Å². The molecule has 0 aromatic carbocycles. The van der Waals surface area contributed by atoms with E-state index in [-0.39, 0.29) is 0 Å². The van der Waals surface area contributed by atoms with Crippen LogP contribution in [0.4, 0.5) is 9.59 Å². The predicted octanol–water partition coefficient (Wildman–Crippen LogP) is 0.311. The number of aliphatic hydroxyl groups excluding tert-OH is 1. The molecule has 76 valence electrons. The van der Waals surface area contributed by atoms with Gasteiger partial charge in [0.2, 0.25) is 0 Å². The van der Waals surface area contributed by atoms with Crippen LogP contribution in [-0.2, 0) is 8.37 Å². The second kappa shape index (κ2) is 6.69. The Kier molecular flexibility index (Phi) is 6.28. The first-order chi connectivity index (χ1) is 6.07. The van der Waals surface area contributed by atoms with Crippen LogP contribution in [0.3, 0.4) is 0 Å². The molecule has 0 atom stereocenters. The van der Waals surface area contributed by atoms with Gasteiger partial charge in [-0.2, -0.15) is 0 Å². The lowest BCUT2D eigenvalue weighted by Crippen LogP contribution is -2.26. The largest absolute Gasteiger partial charge is 0.424 e. The van der Waals surface area contributed by atoms with Crippen molar-refractivity contribution in [1.29, 1.82) is 0 Å². The average Bonchev–Trinajstić information content (AvgIpc) is 2.10. The first-order valence-corrected chi connectivity index (χ1v) is 4.91. The van der Waals surface area contributed by atoms with Crippen LogP contribution >= 0.6 is 22.1 Å². The van der Waals surface area contributed by atoms with Crippen LogP contribution < -0.4 is 5.73 Å². The molecule has 0 aromatic heterocycles. The van der Waals surface area contributed by atoms with E-state index in [9.17, 15) is 9.59 Å². The number of carbonyl (C=O) groups excluding carboxylic acids is 2. The molecule has 0 saturated heterocycles. The molecule has 0 rings (SSSR count). The maximum atomic E-state index is 10.8. The van der Waals surface area contributed by atoms with Gasteiger partial charge in [0.1, 0.15) is 6.73 Å². The Morgan fingerprint density at radius 1 is 1.46 bits per heavy atom. The Morgan fingerprint density at radius 3 is 2.46 bits per heavy atom. The van der Waals surface area contributed by atoms with Crippen LogP contribution in [0.5, 0.6) is 0 Å². The van der Waals surface area contributed by atoms with Crippen LogP contribution in [0.25, 0.3) is 0 Å². The Morgan fingerprint density at radius 2 is 2.00 bits per heavy atom. The minimum atomic E-state index is -0.982. The van der Waals surface area contributed by atoms with Gasteiger partial charge in [-0.05, 0) is 0 Å². The van der Waals surface area contributed by atoms with Crippen molar-refractivity contribution in [3.05, 3.63) is 0 Å². The highest BCUT2D eigenvalue weighted by atomic mass is 33.1. The fourth-order valence-electron chi connectivity index (χ4n) is 0.212. The summed E-state index contributed by atoms with van der Waals surface area (Å²) in [7, 11) is 1.34. The number of amides is 2. The molecule has 9 heteroatoms. The second-order valence-corrected chi connectivity index (χ2v) is 3.15. The third-order valence-corrected chi connectivity index (χ3v) is 1.85. The van der Waals surface area contributed by atoms with Crippen molar-refractivity contribution in [2.24, 2.45) is 5.73 Å². The highest BCUT2D eigenvalue weighted by molar-refractivity contribution is 8.73. The standard InChI is InChI=1S/C4H8N2O5S2/c1-6(2-7)4(9)11-13-12-10-3(5)8/h7H,2H2,1H3,(H2,5,8). The highest BCUT2D eigenvalue weighted by Gasteiger charge is 2.09. The SMILES string of the molecule is CN(CO)C(=O)OSSOC(N)=O. The van der Waals surface area contributed by atoms with E-state index in [1.807, 2.05) is 0 Å². The molecule has 0 bridgehead atoms. The molecule has 0 radical (unpaired) electrons. The summed E-state index contributed by atoms with van der Waals surface area (Å²) in [5, 5.41) is 8.45. The molecule has 0 saturated carbocycles. The number of hydrogen-bond acceptors (Lipinski definition) is 7. The van der Waals surface area contributed by atoms with Crippen molar-refractivity contribution in [3.8, 4) is 0 Å². The van der Waals surface area contributed by atoms with Crippen LogP contribution in [0.15, 0.2) is 0 Å². The van der Waals surface area contributed by atoms with Gasteiger partial charge < -0.3 is 19.2 Å². The molecule has 0 aliphatic rings. The zero-order valence-corrected chi connectivity index (χ0v) is 8.26. The molecule has 0 aromatic rings. The topological polar surface area (TPSA) is 102 Å². The van der Waals surface area contributed by atoms with Crippen LogP contribution in [0.2, 0.25) is 0 Å². The molecule has 0 unspecified atom stereocenters. The van der Waals surface area contributed by atoms with Gasteiger partial charge in [-0.15, -0.1) is 0 Å². The summed E-state index contributed by atoms with van der Waals surface area (Å²) >= 11 is 1.03. The lowest BCUT2D eigenvalue weighted by molar-refractivity contribution is 0.115. The summed E-state index contributed by atoms with van der Waals surface area (Å²) in [6.45, 7) is -0.458. The van der Waals surface area contributed by atoms with E-state index in [1.54, 1.807) is 0 Å². The van der Waals surface area contributed by atoms with E-state index in [0.29, 0.717) is 22.1 Å². The average molecular weight is 228 g/mol. The number of hydrogen-bond donors (Lipinski definition) is 2. The van der Waals surface area contributed by atoms with Crippen molar-refractivity contribution < 1.29 is 23.1 Å². The van der Waals surface area contributed by atoms with Crippen molar-refractivity contribution in [2.75, 3.05) is 13.8 Å². The normalized spacial score (nSPS) is 9.08. The first kappa shape index (κ1) is 12.2. The van der Waals surface area contributed by atoms with Gasteiger partial charge in [-0.1, -0.05) is 0 Å². The van der Waals surface area contributed by atoms with Crippen molar-refractivity contribution in [1.82, 2.24) is 4.90 Å². The summed E-state index contributed by atoms with van der Waals surface area (Å²) in [6.07, 6.45) is -1.74. The molecule has 0 heterocycles. The molecule has 3 N–H and O–H groups in total. The van der Waals surface area contributed by atoms with Gasteiger partial charge in [-0.25, -0.2) is 9.59 Å². The fraction of sp³-hybridized carbons (Fsp3) is 0.500. The van der Waals surface area contributed by atoms with Crippen molar-refractivity contribution in [3.63, 3.8) is 0 Å². The summed E-state index contributed by atoms with van der Waals surface area (Å²) in [4.78, 5) is 21.7. The lowest BCUT2D eigenvalue weighted by Gasteiger charge is -2.10. The minimum Gasteiger partial charge on any atom is -0.376 e. The number of rotatable bonds is 4. The predicted molar refractivity (Wildman–Crippen MR) is 47.2 cm³/mol. The molecule has 13 heavy (non-hydrogen) atoms. The van der Waals surface area contributed by atoms with Crippen molar-refractivity contribution in [2.45, 2.75) is 0 Å². The molecular formula is C4H8N2O5S2. The fourth-order valence-corrected chi connectivity index (χ4v) is 1.06. The van der Waals surface area contributed by atoms with E-state index in [0.717, 1.165) is 4.90 Å². The van der Waals surface area contributed by atoms with E-state index >= 15 is 0 Å². The monoisotopic (exact) mass is 228 g/mol. The maximum absolute atomic E-state index is 10.8. The molecule has 0 aliphatic carbocycles. The zero-order chi connectivity index (χ0) is 10.3. The van der Waals surface area contributed by atoms with Gasteiger partial charge in [0, 0.05) is 7.05 Å². The third kappa shape index (κ3) is 6.37. The smallest absolute Gasteiger partial charge is 0.376 e. The summed E-state index contributed by atoms with van der Waals surface area (Å²) in [5.41, 5.74) is 4.61. The number of nitrogens with two attached hydrogens (primary N) is 1. The number of nitrogens with zero attached hydrogens (tertiary/aromatic N) is 1. The highest BCUT2D eigenvalue weighted by Crippen LogP contribution is 2.23. The maximum Gasteiger partial charge on any atom is 0.424 e. The van der Waals surface area contributed by atoms with Crippen LogP contribution in [0, 0.1) is 0 Å². The van der Waals surface area contributed by atoms with Crippen LogP contribution in [-0.4, -0.2) is 36.0 Å². The Balaban J connectivity index is 3.42. The van der Waals surface area contributed by atoms with E-state index in [4.69, 9.17) is 5.11 Å². The van der Waals surface area contributed by atoms with E-state index in [1.165, 1.54) is 7.05 Å². The molecule has 0 spiro atoms. The van der Waals surface area contributed by atoms with Crippen molar-refractivity contribution >= 4 is 34.3 Å². The molecule has 0 aliphatic heterocycles. The second-order valence-electron chi connectivity index (χ2n) is 1.73. The number of aliphatic hydroxyl groups is 1. The zero-order valence-electron chi connectivity index (χ0n) is 6.63. The molecule has 0 fully saturated rings. The summed E-state index contributed by atoms with van der Waals surface area (Å²) < 4.78 is 8.58. The first-order valence-electron chi connectivity index (χ1n) is 2.91. The number of carbonyl (C=O) groups is 2. The lowest BCUT2D eigenvalue weighted by atomic mass is 10.9. The van der Waals surface area contributed by atoms with E-state index < -0.39 is 18.9 Å². The van der Waals surface area contributed by atoms with Gasteiger partial charge >= 0.3 is 12.2 Å². The quantitative estimate of drug-likeness (QED) is 0.309. The molecule has 2 amide bonds. The summed E-state index contributed by atoms with van der Waals surface area (Å²) in [5.74, 6) is 0. The Labute approximate surface area is 82.3 Å².